The first-order valence-corrected chi connectivity index (χ1v) is 9.93. The molecule has 0 amide bonds. The van der Waals surface area contributed by atoms with Gasteiger partial charge in [-0.2, -0.15) is 5.26 Å². The number of thiazole rings is 1. The number of ether oxygens (including phenoxy) is 1. The molecular weight excluding hydrogens is 390 g/mol. The van der Waals surface area contributed by atoms with Gasteiger partial charge < -0.3 is 10.5 Å². The highest BCUT2D eigenvalue weighted by atomic mass is 35.5. The largest absolute Gasteiger partial charge is 0.490 e. The number of fused-ring (bicyclic) bond motifs is 1. The van der Waals surface area contributed by atoms with Crippen LogP contribution in [0, 0.1) is 11.3 Å². The van der Waals surface area contributed by atoms with Crippen molar-refractivity contribution >= 4 is 23.7 Å². The average Bonchev–Trinajstić information content (AvgIpc) is 3.29. The molecule has 28 heavy (non-hydrogen) atoms. The Morgan fingerprint density at radius 1 is 1.29 bits per heavy atom. The van der Waals surface area contributed by atoms with Crippen LogP contribution in [0.25, 0.3) is 21.0 Å². The third-order valence-electron chi connectivity index (χ3n) is 4.80. The molecule has 4 rings (SSSR count). The molecule has 0 radical (unpaired) electrons. The van der Waals surface area contributed by atoms with Crippen LogP contribution in [0.15, 0.2) is 42.6 Å². The molecule has 0 fully saturated rings. The molecule has 0 spiro atoms. The average molecular weight is 412 g/mol. The Bertz CT molecular complexity index is 1040. The van der Waals surface area contributed by atoms with Gasteiger partial charge in [0.05, 0.1) is 16.5 Å². The number of aromatic nitrogens is 1. The van der Waals surface area contributed by atoms with Crippen molar-refractivity contribution < 1.29 is 4.74 Å². The summed E-state index contributed by atoms with van der Waals surface area (Å²) in [5, 5.41) is 10.5. The van der Waals surface area contributed by atoms with Crippen molar-refractivity contribution in [3.63, 3.8) is 0 Å². The Balaban J connectivity index is 0.00000225. The van der Waals surface area contributed by atoms with Gasteiger partial charge >= 0.3 is 0 Å². The normalized spacial score (nSPS) is 15.0. The molecule has 6 heteroatoms. The van der Waals surface area contributed by atoms with Crippen LogP contribution in [0.5, 0.6) is 5.75 Å². The predicted octanol–water partition coefficient (Wildman–Crippen LogP) is 5.50. The first kappa shape index (κ1) is 20.3. The molecule has 2 aromatic carbocycles. The summed E-state index contributed by atoms with van der Waals surface area (Å²) in [5.74, 6) is 0.621. The van der Waals surface area contributed by atoms with Gasteiger partial charge in [-0.05, 0) is 61.6 Å². The summed E-state index contributed by atoms with van der Waals surface area (Å²) >= 11 is 1.64. The van der Waals surface area contributed by atoms with E-state index in [4.69, 9.17) is 10.5 Å². The van der Waals surface area contributed by atoms with E-state index in [2.05, 4.69) is 29.3 Å². The number of nitrogens with zero attached hydrogens (tertiary/aromatic N) is 2. The molecule has 0 saturated heterocycles. The standard InChI is InChI=1S/C22H21N3OS.ClH/c1-13(2)26-20-9-6-14(10-15(20)11-23)21-12-25-22(27-21)18-5-3-4-17-16(18)7-8-19(17)24;/h3-6,9-10,12-13,19H,7-8,24H2,1-2H3;1H/t19-;/m0./s1. The fraction of sp³-hybridized carbons (Fsp3) is 0.273. The maximum atomic E-state index is 9.46. The highest BCUT2D eigenvalue weighted by Crippen LogP contribution is 2.40. The number of hydrogen-bond acceptors (Lipinski definition) is 5. The lowest BCUT2D eigenvalue weighted by Crippen LogP contribution is -2.06. The lowest BCUT2D eigenvalue weighted by atomic mass is 10.0. The molecule has 0 unspecified atom stereocenters. The quantitative estimate of drug-likeness (QED) is 0.614. The molecule has 1 atom stereocenters. The van der Waals surface area contributed by atoms with Crippen molar-refractivity contribution in [2.75, 3.05) is 0 Å². The van der Waals surface area contributed by atoms with Crippen molar-refractivity contribution in [1.29, 1.82) is 5.26 Å². The van der Waals surface area contributed by atoms with E-state index in [0.717, 1.165) is 28.3 Å². The van der Waals surface area contributed by atoms with Gasteiger partial charge in [0.15, 0.2) is 0 Å². The van der Waals surface area contributed by atoms with Gasteiger partial charge in [0.25, 0.3) is 0 Å². The van der Waals surface area contributed by atoms with Gasteiger partial charge in [0.2, 0.25) is 0 Å². The number of rotatable bonds is 4. The summed E-state index contributed by atoms with van der Waals surface area (Å²) in [4.78, 5) is 5.69. The third-order valence-corrected chi connectivity index (χ3v) is 5.88. The fourth-order valence-corrected chi connectivity index (χ4v) is 4.51. The van der Waals surface area contributed by atoms with Gasteiger partial charge in [0.1, 0.15) is 16.8 Å². The van der Waals surface area contributed by atoms with Crippen LogP contribution in [0.2, 0.25) is 0 Å². The molecular formula is C22H22ClN3OS. The number of benzene rings is 2. The van der Waals surface area contributed by atoms with Crippen LogP contribution in [-0.2, 0) is 6.42 Å². The number of nitrogens with two attached hydrogens (primary N) is 1. The molecule has 144 valence electrons. The lowest BCUT2D eigenvalue weighted by molar-refractivity contribution is 0.242. The number of nitriles is 1. The van der Waals surface area contributed by atoms with Crippen LogP contribution in [0.1, 0.15) is 43.0 Å². The molecule has 1 heterocycles. The summed E-state index contributed by atoms with van der Waals surface area (Å²) in [6.45, 7) is 3.91. The first-order valence-electron chi connectivity index (χ1n) is 9.11. The molecule has 1 aliphatic rings. The van der Waals surface area contributed by atoms with E-state index in [1.807, 2.05) is 38.2 Å². The predicted molar refractivity (Wildman–Crippen MR) is 116 cm³/mol. The minimum atomic E-state index is 0. The van der Waals surface area contributed by atoms with Crippen LogP contribution in [0.3, 0.4) is 0 Å². The summed E-state index contributed by atoms with van der Waals surface area (Å²) in [7, 11) is 0. The van der Waals surface area contributed by atoms with Crippen molar-refractivity contribution in [2.45, 2.75) is 38.8 Å². The Kier molecular flexibility index (Phi) is 6.04. The Morgan fingerprint density at radius 2 is 2.11 bits per heavy atom. The van der Waals surface area contributed by atoms with Gasteiger partial charge in [-0.1, -0.05) is 18.2 Å². The van der Waals surface area contributed by atoms with Gasteiger partial charge in [-0.15, -0.1) is 23.7 Å². The van der Waals surface area contributed by atoms with Crippen molar-refractivity contribution in [3.8, 4) is 32.8 Å². The first-order chi connectivity index (χ1) is 13.1. The molecule has 0 aliphatic heterocycles. The van der Waals surface area contributed by atoms with E-state index >= 15 is 0 Å². The van der Waals surface area contributed by atoms with Crippen LogP contribution >= 0.6 is 23.7 Å². The summed E-state index contributed by atoms with van der Waals surface area (Å²) in [5.41, 5.74) is 11.5. The lowest BCUT2D eigenvalue weighted by Gasteiger charge is -2.11. The molecule has 1 aromatic heterocycles. The topological polar surface area (TPSA) is 71.9 Å². The van der Waals surface area contributed by atoms with Crippen molar-refractivity contribution in [2.24, 2.45) is 5.73 Å². The fourth-order valence-electron chi connectivity index (χ4n) is 3.55. The maximum absolute atomic E-state index is 9.46. The monoisotopic (exact) mass is 411 g/mol. The van der Waals surface area contributed by atoms with Crippen molar-refractivity contribution in [3.05, 3.63) is 59.3 Å². The van der Waals surface area contributed by atoms with Gasteiger partial charge in [-0.25, -0.2) is 4.98 Å². The smallest absolute Gasteiger partial charge is 0.137 e. The maximum Gasteiger partial charge on any atom is 0.137 e. The second-order valence-corrected chi connectivity index (χ2v) is 8.07. The summed E-state index contributed by atoms with van der Waals surface area (Å²) in [6.07, 6.45) is 3.91. The highest BCUT2D eigenvalue weighted by Gasteiger charge is 2.23. The van der Waals surface area contributed by atoms with E-state index in [0.29, 0.717) is 11.3 Å². The summed E-state index contributed by atoms with van der Waals surface area (Å²) < 4.78 is 5.72. The van der Waals surface area contributed by atoms with E-state index in [1.165, 1.54) is 16.7 Å². The Morgan fingerprint density at radius 3 is 2.86 bits per heavy atom. The third kappa shape index (κ3) is 3.77. The second-order valence-electron chi connectivity index (χ2n) is 7.04. The molecule has 0 bridgehead atoms. The van der Waals surface area contributed by atoms with Crippen LogP contribution in [0.4, 0.5) is 0 Å². The van der Waals surface area contributed by atoms with Crippen LogP contribution in [-0.4, -0.2) is 11.1 Å². The zero-order valence-corrected chi connectivity index (χ0v) is 17.4. The van der Waals surface area contributed by atoms with Gasteiger partial charge in [-0.3, -0.25) is 0 Å². The molecule has 2 N–H and O–H groups in total. The second kappa shape index (κ2) is 8.32. The van der Waals surface area contributed by atoms with Crippen LogP contribution < -0.4 is 10.5 Å². The van der Waals surface area contributed by atoms with E-state index in [9.17, 15) is 5.26 Å². The van der Waals surface area contributed by atoms with E-state index in [1.54, 1.807) is 11.3 Å². The molecule has 1 aliphatic carbocycles. The highest BCUT2D eigenvalue weighted by molar-refractivity contribution is 7.18. The zero-order chi connectivity index (χ0) is 19.0. The van der Waals surface area contributed by atoms with E-state index < -0.39 is 0 Å². The summed E-state index contributed by atoms with van der Waals surface area (Å²) in [6, 6.07) is 14.4. The van der Waals surface area contributed by atoms with Crippen molar-refractivity contribution in [1.82, 2.24) is 4.98 Å². The van der Waals surface area contributed by atoms with E-state index in [-0.39, 0.29) is 24.6 Å². The minimum Gasteiger partial charge on any atom is -0.490 e. The SMILES string of the molecule is CC(C)Oc1ccc(-c2cnc(-c3cccc4c3CC[C@@H]4N)s2)cc1C#N.Cl. The minimum absolute atomic E-state index is 0. The Hall–Kier alpha value is -2.39. The molecule has 4 nitrogen and oxygen atoms in total. The number of halogens is 1. The van der Waals surface area contributed by atoms with Gasteiger partial charge in [0, 0.05) is 17.8 Å². The zero-order valence-electron chi connectivity index (χ0n) is 15.8. The molecule has 0 saturated carbocycles. The molecule has 3 aromatic rings. The Labute approximate surface area is 175 Å². The number of hydrogen-bond donors (Lipinski definition) is 1.